The molecule has 27 heavy (non-hydrogen) atoms. The maximum absolute atomic E-state index is 11.7. The number of likely N-dealkylation sites (N-methyl/N-ethyl adjacent to an activating group) is 2. The van der Waals surface area contributed by atoms with Gasteiger partial charge in [-0.3, -0.25) is 28.9 Å². The number of amides is 4. The molecule has 0 aliphatic carbocycles. The Morgan fingerprint density at radius 3 is 2.22 bits per heavy atom. The molecule has 1 heterocycles. The topological polar surface area (TPSA) is 125 Å². The van der Waals surface area contributed by atoms with Gasteiger partial charge in [0.1, 0.15) is 0 Å². The average molecular weight is 390 g/mol. The van der Waals surface area contributed by atoms with Gasteiger partial charge in [-0.25, -0.2) is 0 Å². The zero-order valence-corrected chi connectivity index (χ0v) is 16.4. The molecule has 10 heteroatoms. The molecule has 1 fully saturated rings. The quantitative estimate of drug-likeness (QED) is 0.171. The van der Waals surface area contributed by atoms with E-state index in [1.165, 1.54) is 6.92 Å². The molecule has 0 radical (unpaired) electrons. The van der Waals surface area contributed by atoms with Crippen molar-refractivity contribution in [3.63, 3.8) is 0 Å². The number of carbonyl (C=O) groups is 5. The summed E-state index contributed by atoms with van der Waals surface area (Å²) in [6, 6.07) is -0.0766. The van der Waals surface area contributed by atoms with Crippen molar-refractivity contribution in [1.82, 2.24) is 20.6 Å². The Kier molecular flexibility index (Phi) is 12.4. The Morgan fingerprint density at radius 1 is 1.19 bits per heavy atom. The molecule has 154 valence electrons. The molecule has 0 aromatic heterocycles. The molecule has 10 nitrogen and oxygen atoms in total. The zero-order chi connectivity index (χ0) is 20.8. The van der Waals surface area contributed by atoms with E-state index in [1.54, 1.807) is 0 Å². The summed E-state index contributed by atoms with van der Waals surface area (Å²) in [5.74, 6) is -0.843. The number of nitrogens with one attached hydrogen (secondary N) is 2. The fourth-order valence-electron chi connectivity index (χ4n) is 2.36. The van der Waals surface area contributed by atoms with Gasteiger partial charge in [-0.15, -0.1) is 5.06 Å². The standard InChI is InChI=1S/C12H25N3O2.C5H5NO4/c1-5-13-12(17)11(15(3)4)8-6-7-9-14-10(2)16;7-3-10-6-4(8)1-2-5(6)9/h11H,5-9H2,1-4H3,(H,13,17)(H,14,16);3H,1-2H2/i1+1,2+1,13+1;3+1. The summed E-state index contributed by atoms with van der Waals surface area (Å²) in [5, 5.41) is 6.06. The second kappa shape index (κ2) is 13.7. The van der Waals surface area contributed by atoms with Crippen LogP contribution in [0.3, 0.4) is 0 Å². The normalized spacial score (nSPS) is 14.3. The van der Waals surface area contributed by atoms with Gasteiger partial charge in [-0.05, 0) is 40.3 Å². The lowest BCUT2D eigenvalue weighted by atomic mass is 10.1. The first-order valence-corrected chi connectivity index (χ1v) is 8.89. The highest BCUT2D eigenvalue weighted by Gasteiger charge is 2.30. The molecule has 0 bridgehead atoms. The molecule has 1 aliphatic heterocycles. The van der Waals surface area contributed by atoms with Gasteiger partial charge in [0.15, 0.2) is 0 Å². The molecule has 4 amide bonds. The number of hydroxylamine groups is 2. The summed E-state index contributed by atoms with van der Waals surface area (Å²) < 4.78 is 0. The van der Waals surface area contributed by atoms with Crippen molar-refractivity contribution < 1.29 is 28.8 Å². The fourth-order valence-corrected chi connectivity index (χ4v) is 2.36. The average Bonchev–Trinajstić information content (AvgIpc) is 2.90. The van der Waals surface area contributed by atoms with Crippen molar-refractivity contribution in [3.05, 3.63) is 0 Å². The van der Waals surface area contributed by atoms with Crippen molar-refractivity contribution in [2.24, 2.45) is 0 Å². The number of carbonyl (C=O) groups excluding carboxylic acids is 5. The summed E-state index contributed by atoms with van der Waals surface area (Å²) in [7, 11) is 3.82. The first-order valence-electron chi connectivity index (χ1n) is 8.89. The molecular weight excluding hydrogens is 360 g/mol. The molecular formula is C17H30N4O6. The van der Waals surface area contributed by atoms with Crippen LogP contribution >= 0.6 is 0 Å². The summed E-state index contributed by atoms with van der Waals surface area (Å²) in [5.41, 5.74) is 0. The molecule has 0 aromatic rings. The minimum absolute atomic E-state index is 0.00196. The number of imide groups is 1. The predicted octanol–water partition coefficient (Wildman–Crippen LogP) is -0.417. The monoisotopic (exact) mass is 390 g/mol. The Balaban J connectivity index is 0.000000569. The van der Waals surface area contributed by atoms with Crippen molar-refractivity contribution in [2.75, 3.05) is 27.2 Å². The minimum atomic E-state index is -0.461. The molecule has 1 saturated heterocycles. The second-order valence-electron chi connectivity index (χ2n) is 6.14. The number of hydrogen-bond acceptors (Lipinski definition) is 7. The minimum Gasteiger partial charge on any atom is -0.356 e. The van der Waals surface area contributed by atoms with Gasteiger partial charge in [0.25, 0.3) is 11.8 Å². The third-order valence-electron chi connectivity index (χ3n) is 3.71. The van der Waals surface area contributed by atoms with Gasteiger partial charge in [0.05, 0.1) is 6.04 Å². The molecule has 1 atom stereocenters. The molecule has 2 N–H and O–H groups in total. The van der Waals surface area contributed by atoms with E-state index in [2.05, 4.69) is 15.5 Å². The highest BCUT2D eigenvalue weighted by molar-refractivity contribution is 6.01. The van der Waals surface area contributed by atoms with Crippen LogP contribution in [-0.2, 0) is 28.8 Å². The molecule has 0 aromatic carbocycles. The first-order chi connectivity index (χ1) is 12.7. The SMILES string of the molecule is CN(C)C(CCCCNC([13CH3])=O)C(=O)[15NH]C[13CH3].O=[13CH]ON1C(=O)CCC1=O. The van der Waals surface area contributed by atoms with Crippen LogP contribution in [0.25, 0.3) is 0 Å². The van der Waals surface area contributed by atoms with Gasteiger partial charge >= 0.3 is 6.47 Å². The van der Waals surface area contributed by atoms with Gasteiger partial charge in [0.2, 0.25) is 11.8 Å². The van der Waals surface area contributed by atoms with E-state index in [9.17, 15) is 24.0 Å². The van der Waals surface area contributed by atoms with E-state index in [0.29, 0.717) is 18.2 Å². The largest absolute Gasteiger partial charge is 0.356 e. The summed E-state index contributed by atoms with van der Waals surface area (Å²) in [6.45, 7) is 4.83. The van der Waals surface area contributed by atoms with Crippen molar-refractivity contribution in [2.45, 2.75) is 52.0 Å². The van der Waals surface area contributed by atoms with Gasteiger partial charge in [0, 0.05) is 32.9 Å². The highest BCUT2D eigenvalue weighted by Crippen LogP contribution is 2.10. The third kappa shape index (κ3) is 10.3. The Morgan fingerprint density at radius 2 is 1.78 bits per heavy atom. The highest BCUT2D eigenvalue weighted by atomic mass is 16.8. The van der Waals surface area contributed by atoms with Crippen LogP contribution in [0.1, 0.15) is 46.0 Å². The maximum atomic E-state index is 11.7. The fraction of sp³-hybridized carbons (Fsp3) is 0.706. The Bertz CT molecular complexity index is 508. The number of unbranched alkanes of at least 4 members (excludes halogenated alkanes) is 1. The Hall–Kier alpha value is -2.49. The van der Waals surface area contributed by atoms with Crippen molar-refractivity contribution in [1.29, 1.82) is 0 Å². The zero-order valence-electron chi connectivity index (χ0n) is 16.4. The second-order valence-corrected chi connectivity index (χ2v) is 6.14. The van der Waals surface area contributed by atoms with E-state index in [1.807, 2.05) is 25.9 Å². The van der Waals surface area contributed by atoms with E-state index in [4.69, 9.17) is 0 Å². The molecule has 1 aliphatic rings. The molecule has 0 spiro atoms. The van der Waals surface area contributed by atoms with Crippen LogP contribution < -0.4 is 10.6 Å². The number of hydrogen-bond donors (Lipinski definition) is 2. The summed E-state index contributed by atoms with van der Waals surface area (Å²) >= 11 is 0. The van der Waals surface area contributed by atoms with Crippen molar-refractivity contribution in [3.8, 4) is 0 Å². The smallest absolute Gasteiger partial charge is 0.321 e. The van der Waals surface area contributed by atoms with E-state index < -0.39 is 11.8 Å². The van der Waals surface area contributed by atoms with E-state index >= 15 is 0 Å². The third-order valence-corrected chi connectivity index (χ3v) is 3.71. The summed E-state index contributed by atoms with van der Waals surface area (Å²) in [6.07, 6.45) is 2.92. The number of nitrogens with zero attached hydrogens (tertiary/aromatic N) is 2. The lowest BCUT2D eigenvalue weighted by molar-refractivity contribution is -0.188. The van der Waals surface area contributed by atoms with Crippen LogP contribution in [0.4, 0.5) is 0 Å². The van der Waals surface area contributed by atoms with Crippen molar-refractivity contribution >= 4 is 30.1 Å². The van der Waals surface area contributed by atoms with Crippen LogP contribution in [0.2, 0.25) is 0 Å². The summed E-state index contributed by atoms with van der Waals surface area (Å²) in [4.78, 5) is 59.3. The van der Waals surface area contributed by atoms with Gasteiger partial charge in [-0.2, -0.15) is 0 Å². The van der Waals surface area contributed by atoms with Crippen LogP contribution in [0, 0.1) is 0 Å². The van der Waals surface area contributed by atoms with Crippen LogP contribution in [0.15, 0.2) is 0 Å². The molecule has 1 rings (SSSR count). The van der Waals surface area contributed by atoms with E-state index in [0.717, 1.165) is 19.3 Å². The lowest BCUT2D eigenvalue weighted by Crippen LogP contribution is -2.43. The Labute approximate surface area is 159 Å². The lowest BCUT2D eigenvalue weighted by Gasteiger charge is -2.23. The predicted molar refractivity (Wildman–Crippen MR) is 96.9 cm³/mol. The molecule has 0 saturated carbocycles. The van der Waals surface area contributed by atoms with Crippen LogP contribution in [-0.4, -0.2) is 73.3 Å². The van der Waals surface area contributed by atoms with Gasteiger partial charge < -0.3 is 15.5 Å². The maximum Gasteiger partial charge on any atom is 0.321 e. The van der Waals surface area contributed by atoms with E-state index in [-0.39, 0.29) is 37.2 Å². The molecule has 1 unspecified atom stereocenters. The first kappa shape index (κ1) is 24.5. The number of rotatable bonds is 10. The van der Waals surface area contributed by atoms with Crippen LogP contribution in [0.5, 0.6) is 0 Å². The van der Waals surface area contributed by atoms with Gasteiger partial charge in [-0.1, -0.05) is 0 Å².